The van der Waals surface area contributed by atoms with Crippen molar-refractivity contribution in [3.05, 3.63) is 89.5 Å². The lowest BCUT2D eigenvalue weighted by Crippen LogP contribution is -2.11. The third-order valence-electron chi connectivity index (χ3n) is 4.64. The van der Waals surface area contributed by atoms with E-state index in [4.69, 9.17) is 14.2 Å². The van der Waals surface area contributed by atoms with E-state index in [2.05, 4.69) is 0 Å². The molecule has 0 saturated heterocycles. The van der Waals surface area contributed by atoms with Gasteiger partial charge in [-0.3, -0.25) is 0 Å². The number of carbonyl (C=O) groups is 3. The summed E-state index contributed by atoms with van der Waals surface area (Å²) in [7, 11) is 3.98. The molecule has 0 aromatic heterocycles. The summed E-state index contributed by atoms with van der Waals surface area (Å²) in [5.41, 5.74) is 3.58. The van der Waals surface area contributed by atoms with Gasteiger partial charge in [0.05, 0.1) is 38.0 Å². The molecule has 0 aliphatic carbocycles. The number of benzene rings is 3. The summed E-state index contributed by atoms with van der Waals surface area (Å²) in [6.45, 7) is 4.00. The van der Waals surface area contributed by atoms with Crippen molar-refractivity contribution in [1.29, 1.82) is 0 Å². The first-order chi connectivity index (χ1) is 16.0. The fourth-order valence-electron chi connectivity index (χ4n) is 3.04. The summed E-state index contributed by atoms with van der Waals surface area (Å²) in [5, 5.41) is 0. The van der Waals surface area contributed by atoms with Gasteiger partial charge in [0, 0.05) is 17.1 Å². The quantitative estimate of drug-likeness (QED) is 0.361. The normalized spacial score (nSPS) is 9.73. The lowest BCUT2D eigenvalue weighted by molar-refractivity contribution is 0.0592. The molecule has 3 aromatic carbocycles. The van der Waals surface area contributed by atoms with Crippen molar-refractivity contribution in [3.8, 4) is 0 Å². The maximum Gasteiger partial charge on any atom is 0.337 e. The first kappa shape index (κ1) is 25.1. The van der Waals surface area contributed by atoms with Crippen molar-refractivity contribution >= 4 is 35.0 Å². The number of rotatable bonds is 6. The molecule has 0 saturated carbocycles. The SMILES string of the molecule is CC.COC(=O)c1ccc(N(c2ccc(C(=O)OC)cc2)c2ccc(C(=O)OC)cc2)cc1. The van der Waals surface area contributed by atoms with Crippen LogP contribution in [0.3, 0.4) is 0 Å². The molecule has 0 aliphatic heterocycles. The zero-order chi connectivity index (χ0) is 24.4. The second-order valence-electron chi connectivity index (χ2n) is 6.45. The number of anilines is 3. The molecule has 0 fully saturated rings. The molecular weight excluding hydrogens is 422 g/mol. The molecule has 33 heavy (non-hydrogen) atoms. The van der Waals surface area contributed by atoms with Crippen LogP contribution in [0.15, 0.2) is 72.8 Å². The number of esters is 3. The highest BCUT2D eigenvalue weighted by Crippen LogP contribution is 2.35. The molecule has 0 aliphatic rings. The van der Waals surface area contributed by atoms with Crippen molar-refractivity contribution in [2.75, 3.05) is 26.2 Å². The van der Waals surface area contributed by atoms with Crippen LogP contribution in [0.25, 0.3) is 0 Å². The van der Waals surface area contributed by atoms with Gasteiger partial charge in [-0.05, 0) is 72.8 Å². The van der Waals surface area contributed by atoms with Gasteiger partial charge < -0.3 is 19.1 Å². The number of ether oxygens (including phenoxy) is 3. The van der Waals surface area contributed by atoms with Gasteiger partial charge in [-0.1, -0.05) is 13.8 Å². The molecular formula is C26H27NO6. The number of hydrogen-bond donors (Lipinski definition) is 0. The summed E-state index contributed by atoms with van der Waals surface area (Å²) in [4.78, 5) is 37.2. The maximum absolute atomic E-state index is 11.8. The van der Waals surface area contributed by atoms with E-state index in [-0.39, 0.29) is 0 Å². The molecule has 0 radical (unpaired) electrons. The Morgan fingerprint density at radius 1 is 0.485 bits per heavy atom. The van der Waals surface area contributed by atoms with Crippen LogP contribution >= 0.6 is 0 Å². The van der Waals surface area contributed by atoms with Crippen molar-refractivity contribution in [2.24, 2.45) is 0 Å². The van der Waals surface area contributed by atoms with Gasteiger partial charge in [-0.15, -0.1) is 0 Å². The van der Waals surface area contributed by atoms with Crippen molar-refractivity contribution < 1.29 is 28.6 Å². The average Bonchev–Trinajstić information content (AvgIpc) is 2.89. The molecule has 7 nitrogen and oxygen atoms in total. The number of hydrogen-bond acceptors (Lipinski definition) is 7. The van der Waals surface area contributed by atoms with Crippen LogP contribution in [-0.2, 0) is 14.2 Å². The summed E-state index contributed by atoms with van der Waals surface area (Å²) in [6, 6.07) is 20.7. The fraction of sp³-hybridized carbons (Fsp3) is 0.192. The monoisotopic (exact) mass is 449 g/mol. The van der Waals surface area contributed by atoms with Crippen molar-refractivity contribution in [3.63, 3.8) is 0 Å². The van der Waals surface area contributed by atoms with E-state index in [0.29, 0.717) is 16.7 Å². The molecule has 0 N–H and O–H groups in total. The first-order valence-corrected chi connectivity index (χ1v) is 10.3. The van der Waals surface area contributed by atoms with Gasteiger partial charge in [0.25, 0.3) is 0 Å². The molecule has 3 aromatic rings. The smallest absolute Gasteiger partial charge is 0.337 e. The van der Waals surface area contributed by atoms with Gasteiger partial charge in [0.2, 0.25) is 0 Å². The Kier molecular flexibility index (Phi) is 9.17. The standard InChI is InChI=1S/C24H21NO6.C2H6/c1-29-22(26)16-4-10-19(11-5-16)25(20-12-6-17(7-13-20)23(27)30-2)21-14-8-18(9-15-21)24(28)31-3;1-2/h4-15H,1-3H3;1-2H3. The van der Waals surface area contributed by atoms with Gasteiger partial charge in [0.15, 0.2) is 0 Å². The Hall–Kier alpha value is -4.13. The number of nitrogens with zero attached hydrogens (tertiary/aromatic N) is 1. The van der Waals surface area contributed by atoms with Crippen LogP contribution in [0.1, 0.15) is 44.9 Å². The molecule has 7 heteroatoms. The minimum atomic E-state index is -0.428. The van der Waals surface area contributed by atoms with E-state index < -0.39 is 17.9 Å². The van der Waals surface area contributed by atoms with Gasteiger partial charge >= 0.3 is 17.9 Å². The molecule has 3 rings (SSSR count). The van der Waals surface area contributed by atoms with E-state index in [1.165, 1.54) is 21.3 Å². The maximum atomic E-state index is 11.8. The van der Waals surface area contributed by atoms with Crippen molar-refractivity contribution in [1.82, 2.24) is 0 Å². The third kappa shape index (κ3) is 5.98. The largest absolute Gasteiger partial charge is 0.465 e. The lowest BCUT2D eigenvalue weighted by Gasteiger charge is -2.26. The number of carbonyl (C=O) groups excluding carboxylic acids is 3. The third-order valence-corrected chi connectivity index (χ3v) is 4.64. The Bertz CT molecular complexity index is 932. The van der Waals surface area contributed by atoms with Crippen LogP contribution in [-0.4, -0.2) is 39.2 Å². The minimum Gasteiger partial charge on any atom is -0.465 e. The van der Waals surface area contributed by atoms with E-state index in [1.54, 1.807) is 72.8 Å². The van der Waals surface area contributed by atoms with E-state index in [9.17, 15) is 14.4 Å². The first-order valence-electron chi connectivity index (χ1n) is 10.3. The summed E-state index contributed by atoms with van der Waals surface area (Å²) in [5.74, 6) is -1.28. The van der Waals surface area contributed by atoms with Crippen LogP contribution < -0.4 is 4.90 Å². The molecule has 0 atom stereocenters. The molecule has 0 amide bonds. The van der Waals surface area contributed by atoms with E-state index in [0.717, 1.165) is 17.1 Å². The Balaban J connectivity index is 0.00000187. The average molecular weight is 450 g/mol. The zero-order valence-corrected chi connectivity index (χ0v) is 19.3. The molecule has 0 heterocycles. The second kappa shape index (κ2) is 12.0. The predicted octanol–water partition coefficient (Wildman–Crippen LogP) is 5.54. The van der Waals surface area contributed by atoms with E-state index in [1.807, 2.05) is 18.7 Å². The second-order valence-corrected chi connectivity index (χ2v) is 6.45. The van der Waals surface area contributed by atoms with Gasteiger partial charge in [-0.25, -0.2) is 14.4 Å². The summed E-state index contributed by atoms with van der Waals surface area (Å²) >= 11 is 0. The highest BCUT2D eigenvalue weighted by Gasteiger charge is 2.16. The topological polar surface area (TPSA) is 82.1 Å². The van der Waals surface area contributed by atoms with E-state index >= 15 is 0 Å². The van der Waals surface area contributed by atoms with Gasteiger partial charge in [0.1, 0.15) is 0 Å². The fourth-order valence-corrected chi connectivity index (χ4v) is 3.04. The molecule has 0 bridgehead atoms. The summed E-state index contributed by atoms with van der Waals surface area (Å²) in [6.07, 6.45) is 0. The Morgan fingerprint density at radius 2 is 0.697 bits per heavy atom. The lowest BCUT2D eigenvalue weighted by atomic mass is 10.1. The zero-order valence-electron chi connectivity index (χ0n) is 19.3. The highest BCUT2D eigenvalue weighted by atomic mass is 16.5. The predicted molar refractivity (Wildman–Crippen MR) is 126 cm³/mol. The molecule has 0 unspecified atom stereocenters. The van der Waals surface area contributed by atoms with Crippen LogP contribution in [0, 0.1) is 0 Å². The molecule has 0 spiro atoms. The van der Waals surface area contributed by atoms with Crippen LogP contribution in [0.5, 0.6) is 0 Å². The molecule has 172 valence electrons. The Labute approximate surface area is 193 Å². The Morgan fingerprint density at radius 3 is 0.879 bits per heavy atom. The van der Waals surface area contributed by atoms with Crippen molar-refractivity contribution in [2.45, 2.75) is 13.8 Å². The van der Waals surface area contributed by atoms with Gasteiger partial charge in [-0.2, -0.15) is 0 Å². The minimum absolute atomic E-state index is 0.424. The van der Waals surface area contributed by atoms with Crippen LogP contribution in [0.2, 0.25) is 0 Å². The number of methoxy groups -OCH3 is 3. The summed E-state index contributed by atoms with van der Waals surface area (Å²) < 4.78 is 14.3. The van der Waals surface area contributed by atoms with Crippen LogP contribution in [0.4, 0.5) is 17.1 Å². The highest BCUT2D eigenvalue weighted by molar-refractivity contribution is 5.92.